The number of H-pyrrole nitrogens is 1. The zero-order valence-corrected chi connectivity index (χ0v) is 7.49. The van der Waals surface area contributed by atoms with Crippen LogP contribution in [0.25, 0.3) is 0 Å². The van der Waals surface area contributed by atoms with Crippen LogP contribution >= 0.6 is 0 Å². The van der Waals surface area contributed by atoms with Crippen LogP contribution in [0.5, 0.6) is 0 Å². The average Bonchev–Trinajstić information content (AvgIpc) is 2.54. The lowest BCUT2D eigenvalue weighted by Crippen LogP contribution is -2.34. The Bertz CT molecular complexity index is 310. The first kappa shape index (κ1) is 8.50. The fourth-order valence-electron chi connectivity index (χ4n) is 1.74. The van der Waals surface area contributed by atoms with E-state index < -0.39 is 0 Å². The van der Waals surface area contributed by atoms with Crippen LogP contribution in [0.4, 0.5) is 0 Å². The van der Waals surface area contributed by atoms with Gasteiger partial charge in [-0.25, -0.2) is 9.48 Å². The molecule has 5 heteroatoms. The summed E-state index contributed by atoms with van der Waals surface area (Å²) in [6.45, 7) is 2.83. The molecular formula is C8H14N4O. The van der Waals surface area contributed by atoms with Crippen LogP contribution in [0.2, 0.25) is 0 Å². The largest absolute Gasteiger partial charge is 0.343 e. The first-order valence-corrected chi connectivity index (χ1v) is 4.67. The normalized spacial score (nSPS) is 23.2. The van der Waals surface area contributed by atoms with Gasteiger partial charge in [0.15, 0.2) is 0 Å². The van der Waals surface area contributed by atoms with Crippen LogP contribution in [0.15, 0.2) is 11.1 Å². The smallest absolute Gasteiger partial charge is 0.316 e. The minimum atomic E-state index is -0.106. The maximum absolute atomic E-state index is 11.1. The molecule has 0 amide bonds. The van der Waals surface area contributed by atoms with Gasteiger partial charge in [0.25, 0.3) is 0 Å². The van der Waals surface area contributed by atoms with E-state index in [0.717, 1.165) is 19.6 Å². The molecule has 5 nitrogen and oxygen atoms in total. The molecule has 1 fully saturated rings. The van der Waals surface area contributed by atoms with Gasteiger partial charge in [-0.15, -0.1) is 0 Å². The van der Waals surface area contributed by atoms with Crippen molar-refractivity contribution in [3.05, 3.63) is 16.8 Å². The second-order valence-electron chi connectivity index (χ2n) is 3.49. The van der Waals surface area contributed by atoms with E-state index in [2.05, 4.69) is 15.4 Å². The molecule has 13 heavy (non-hydrogen) atoms. The summed E-state index contributed by atoms with van der Waals surface area (Å²) in [6.07, 6.45) is 3.83. The van der Waals surface area contributed by atoms with Crippen LogP contribution in [0.3, 0.4) is 0 Å². The van der Waals surface area contributed by atoms with E-state index in [-0.39, 0.29) is 5.69 Å². The Labute approximate surface area is 76.2 Å². The van der Waals surface area contributed by atoms with E-state index in [4.69, 9.17) is 0 Å². The van der Waals surface area contributed by atoms with E-state index in [0.29, 0.717) is 5.92 Å². The van der Waals surface area contributed by atoms with Gasteiger partial charge in [-0.1, -0.05) is 0 Å². The van der Waals surface area contributed by atoms with Gasteiger partial charge in [-0.3, -0.25) is 4.98 Å². The van der Waals surface area contributed by atoms with E-state index in [9.17, 15) is 4.79 Å². The molecule has 1 atom stereocenters. The summed E-state index contributed by atoms with van der Waals surface area (Å²) >= 11 is 0. The van der Waals surface area contributed by atoms with Crippen LogP contribution in [0, 0.1) is 5.92 Å². The topological polar surface area (TPSA) is 62.7 Å². The highest BCUT2D eigenvalue weighted by Gasteiger charge is 2.14. The number of rotatable bonds is 2. The number of nitrogens with one attached hydrogen (secondary N) is 2. The number of nitrogens with zero attached hydrogens (tertiary/aromatic N) is 2. The van der Waals surface area contributed by atoms with E-state index in [1.165, 1.54) is 23.9 Å². The van der Waals surface area contributed by atoms with Crippen molar-refractivity contribution in [1.82, 2.24) is 20.1 Å². The van der Waals surface area contributed by atoms with Gasteiger partial charge < -0.3 is 5.32 Å². The molecule has 72 valence electrons. The predicted octanol–water partition coefficient (Wildman–Crippen LogP) is -0.429. The summed E-state index contributed by atoms with van der Waals surface area (Å²) < 4.78 is 1.50. The number of piperidine rings is 1. The molecule has 1 aliphatic rings. The van der Waals surface area contributed by atoms with Crippen LogP contribution in [-0.2, 0) is 6.54 Å². The number of hydrogen-bond donors (Lipinski definition) is 2. The minimum absolute atomic E-state index is 0.106. The summed E-state index contributed by atoms with van der Waals surface area (Å²) in [5, 5.41) is 7.24. The van der Waals surface area contributed by atoms with E-state index in [1.807, 2.05) is 0 Å². The van der Waals surface area contributed by atoms with Crippen molar-refractivity contribution in [1.29, 1.82) is 0 Å². The summed E-state index contributed by atoms with van der Waals surface area (Å²) in [6, 6.07) is 0. The fourth-order valence-corrected chi connectivity index (χ4v) is 1.74. The first-order chi connectivity index (χ1) is 6.36. The third-order valence-corrected chi connectivity index (χ3v) is 2.45. The van der Waals surface area contributed by atoms with Crippen molar-refractivity contribution in [3.63, 3.8) is 0 Å². The van der Waals surface area contributed by atoms with Crippen molar-refractivity contribution in [2.24, 2.45) is 5.92 Å². The zero-order valence-electron chi connectivity index (χ0n) is 7.49. The van der Waals surface area contributed by atoms with Gasteiger partial charge >= 0.3 is 5.69 Å². The SMILES string of the molecule is O=c1[nH]cnn1CC1CCCNC1. The summed E-state index contributed by atoms with van der Waals surface area (Å²) in [4.78, 5) is 13.7. The number of aromatic amines is 1. The standard InChI is InChI=1S/C8H14N4O/c13-8-10-6-11-12(8)5-7-2-1-3-9-4-7/h6-7,9H,1-5H2,(H,10,11,13). The molecule has 0 aliphatic carbocycles. The fraction of sp³-hybridized carbons (Fsp3) is 0.750. The van der Waals surface area contributed by atoms with Crippen molar-refractivity contribution in [2.45, 2.75) is 19.4 Å². The molecule has 0 aromatic carbocycles. The van der Waals surface area contributed by atoms with Gasteiger partial charge in [0.2, 0.25) is 0 Å². The summed E-state index contributed by atoms with van der Waals surface area (Å²) in [5.74, 6) is 0.551. The highest BCUT2D eigenvalue weighted by Crippen LogP contribution is 2.10. The van der Waals surface area contributed by atoms with Gasteiger partial charge in [-0.05, 0) is 31.8 Å². The second-order valence-corrected chi connectivity index (χ2v) is 3.49. The van der Waals surface area contributed by atoms with Gasteiger partial charge in [-0.2, -0.15) is 5.10 Å². The molecule has 0 bridgehead atoms. The minimum Gasteiger partial charge on any atom is -0.316 e. The Morgan fingerprint density at radius 3 is 3.23 bits per heavy atom. The second kappa shape index (κ2) is 3.74. The number of hydrogen-bond acceptors (Lipinski definition) is 3. The third-order valence-electron chi connectivity index (χ3n) is 2.45. The Kier molecular flexibility index (Phi) is 2.44. The Hall–Kier alpha value is -1.10. The van der Waals surface area contributed by atoms with Crippen molar-refractivity contribution < 1.29 is 0 Å². The lowest BCUT2D eigenvalue weighted by Gasteiger charge is -2.21. The molecule has 2 N–H and O–H groups in total. The molecule has 0 spiro atoms. The third kappa shape index (κ3) is 1.98. The molecule has 1 unspecified atom stereocenters. The number of aromatic nitrogens is 3. The van der Waals surface area contributed by atoms with E-state index >= 15 is 0 Å². The highest BCUT2D eigenvalue weighted by atomic mass is 16.1. The van der Waals surface area contributed by atoms with Gasteiger partial charge in [0.05, 0.1) is 6.54 Å². The molecule has 0 saturated carbocycles. The predicted molar refractivity (Wildman–Crippen MR) is 48.4 cm³/mol. The Morgan fingerprint density at radius 2 is 2.62 bits per heavy atom. The monoisotopic (exact) mass is 182 g/mol. The zero-order chi connectivity index (χ0) is 9.10. The van der Waals surface area contributed by atoms with Gasteiger partial charge in [0.1, 0.15) is 6.33 Å². The maximum atomic E-state index is 11.1. The van der Waals surface area contributed by atoms with Crippen molar-refractivity contribution in [2.75, 3.05) is 13.1 Å². The molecule has 1 saturated heterocycles. The maximum Gasteiger partial charge on any atom is 0.343 e. The van der Waals surface area contributed by atoms with Crippen molar-refractivity contribution in [3.8, 4) is 0 Å². The molecule has 2 heterocycles. The van der Waals surface area contributed by atoms with Crippen LogP contribution in [-0.4, -0.2) is 27.9 Å². The van der Waals surface area contributed by atoms with Gasteiger partial charge in [0, 0.05) is 0 Å². The van der Waals surface area contributed by atoms with E-state index in [1.54, 1.807) is 0 Å². The summed E-state index contributed by atoms with van der Waals surface area (Å²) in [5.41, 5.74) is -0.106. The first-order valence-electron chi connectivity index (χ1n) is 4.67. The molecule has 1 aliphatic heterocycles. The lowest BCUT2D eigenvalue weighted by molar-refractivity contribution is 0.321. The Balaban J connectivity index is 1.97. The lowest BCUT2D eigenvalue weighted by atomic mass is 10.00. The molecule has 0 radical (unpaired) electrons. The van der Waals surface area contributed by atoms with Crippen LogP contribution < -0.4 is 11.0 Å². The summed E-state index contributed by atoms with van der Waals surface area (Å²) in [7, 11) is 0. The van der Waals surface area contributed by atoms with Crippen LogP contribution in [0.1, 0.15) is 12.8 Å². The van der Waals surface area contributed by atoms with Crippen molar-refractivity contribution >= 4 is 0 Å². The molecule has 1 aromatic rings. The molecular weight excluding hydrogens is 168 g/mol. The quantitative estimate of drug-likeness (QED) is 0.652. The molecule has 1 aromatic heterocycles. The highest BCUT2D eigenvalue weighted by molar-refractivity contribution is 4.70. The molecule has 2 rings (SSSR count). The average molecular weight is 182 g/mol. The Morgan fingerprint density at radius 1 is 1.69 bits per heavy atom.